The van der Waals surface area contributed by atoms with E-state index >= 15 is 0 Å². The van der Waals surface area contributed by atoms with Crippen LogP contribution in [0.3, 0.4) is 0 Å². The molecule has 0 aliphatic carbocycles. The van der Waals surface area contributed by atoms with Gasteiger partial charge in [-0.1, -0.05) is 54.6 Å². The van der Waals surface area contributed by atoms with E-state index in [1.54, 1.807) is 0 Å². The summed E-state index contributed by atoms with van der Waals surface area (Å²) in [5, 5.41) is 18.2. The van der Waals surface area contributed by atoms with E-state index < -0.39 is 0 Å². The van der Waals surface area contributed by atoms with Crippen LogP contribution in [-0.2, 0) is 26.0 Å². The summed E-state index contributed by atoms with van der Waals surface area (Å²) >= 11 is 0. The number of hydrogen-bond acceptors (Lipinski definition) is 5. The minimum absolute atomic E-state index is 0.106. The Hall–Kier alpha value is -2.76. The van der Waals surface area contributed by atoms with Crippen LogP contribution in [0.15, 0.2) is 66.7 Å². The Morgan fingerprint density at radius 3 is 2.22 bits per heavy atom. The standard InChI is InChI=1S/C27H33N3O2/c31-26-16-18-30(19-17-26)20-23-12-10-22(11-13-23)6-4-5-9-25-14-15-27(29-28-25)32-21-24-7-2-1-3-8-24/h1-3,7-8,10-15,26,31H,4-6,9,16-21H2. The molecule has 4 rings (SSSR count). The maximum absolute atomic E-state index is 9.64. The van der Waals surface area contributed by atoms with Crippen molar-refractivity contribution < 1.29 is 9.84 Å². The van der Waals surface area contributed by atoms with Crippen LogP contribution in [0.1, 0.15) is 48.1 Å². The summed E-state index contributed by atoms with van der Waals surface area (Å²) in [6, 6.07) is 23.0. The highest BCUT2D eigenvalue weighted by molar-refractivity contribution is 5.23. The fourth-order valence-electron chi connectivity index (χ4n) is 4.07. The van der Waals surface area contributed by atoms with Crippen molar-refractivity contribution in [2.24, 2.45) is 0 Å². The van der Waals surface area contributed by atoms with Crippen LogP contribution in [0.25, 0.3) is 0 Å². The van der Waals surface area contributed by atoms with Crippen molar-refractivity contribution in [3.8, 4) is 5.88 Å². The van der Waals surface area contributed by atoms with E-state index in [4.69, 9.17) is 4.74 Å². The molecule has 0 spiro atoms. The van der Waals surface area contributed by atoms with Crippen molar-refractivity contribution in [1.82, 2.24) is 15.1 Å². The molecule has 1 fully saturated rings. The average Bonchev–Trinajstić information content (AvgIpc) is 2.84. The Labute approximate surface area is 191 Å². The van der Waals surface area contributed by atoms with Crippen molar-refractivity contribution >= 4 is 0 Å². The fraction of sp³-hybridized carbons (Fsp3) is 0.407. The van der Waals surface area contributed by atoms with E-state index in [9.17, 15) is 5.11 Å². The monoisotopic (exact) mass is 431 g/mol. The van der Waals surface area contributed by atoms with Crippen molar-refractivity contribution in [3.05, 3.63) is 89.1 Å². The van der Waals surface area contributed by atoms with Gasteiger partial charge in [0.15, 0.2) is 0 Å². The third-order valence-electron chi connectivity index (χ3n) is 6.06. The minimum atomic E-state index is -0.106. The summed E-state index contributed by atoms with van der Waals surface area (Å²) in [5.74, 6) is 0.568. The van der Waals surface area contributed by atoms with Gasteiger partial charge in [-0.25, -0.2) is 0 Å². The number of likely N-dealkylation sites (tertiary alicyclic amines) is 1. The predicted octanol–water partition coefficient (Wildman–Crippen LogP) is 4.58. The van der Waals surface area contributed by atoms with Crippen molar-refractivity contribution in [1.29, 1.82) is 0 Å². The molecule has 168 valence electrons. The first-order valence-electron chi connectivity index (χ1n) is 11.7. The number of aromatic nitrogens is 2. The molecule has 1 aliphatic rings. The molecule has 1 aromatic heterocycles. The number of aryl methyl sites for hydroxylation is 2. The zero-order chi connectivity index (χ0) is 22.0. The van der Waals surface area contributed by atoms with Gasteiger partial charge in [-0.2, -0.15) is 5.10 Å². The van der Waals surface area contributed by atoms with Crippen molar-refractivity contribution in [2.45, 2.75) is 57.8 Å². The Morgan fingerprint density at radius 1 is 0.781 bits per heavy atom. The van der Waals surface area contributed by atoms with Crippen LogP contribution >= 0.6 is 0 Å². The topological polar surface area (TPSA) is 58.5 Å². The Morgan fingerprint density at radius 2 is 1.50 bits per heavy atom. The highest BCUT2D eigenvalue weighted by Crippen LogP contribution is 2.16. The van der Waals surface area contributed by atoms with Crippen LogP contribution in [0, 0.1) is 0 Å². The maximum atomic E-state index is 9.64. The summed E-state index contributed by atoms with van der Waals surface area (Å²) in [5.41, 5.74) is 4.88. The number of benzene rings is 2. The molecule has 0 radical (unpaired) electrons. The number of piperidine rings is 1. The van der Waals surface area contributed by atoms with Crippen LogP contribution in [-0.4, -0.2) is 39.4 Å². The highest BCUT2D eigenvalue weighted by atomic mass is 16.5. The highest BCUT2D eigenvalue weighted by Gasteiger charge is 2.16. The Balaban J connectivity index is 1.13. The molecule has 1 saturated heterocycles. The summed E-state index contributed by atoms with van der Waals surface area (Å²) in [6.07, 6.45) is 5.93. The van der Waals surface area contributed by atoms with E-state index in [0.29, 0.717) is 12.5 Å². The molecule has 1 N–H and O–H groups in total. The van der Waals surface area contributed by atoms with Gasteiger partial charge in [0, 0.05) is 25.7 Å². The minimum Gasteiger partial charge on any atom is -0.472 e. The number of rotatable bonds is 10. The lowest BCUT2D eigenvalue weighted by atomic mass is 10.0. The molecule has 5 nitrogen and oxygen atoms in total. The third-order valence-corrected chi connectivity index (χ3v) is 6.06. The molecule has 32 heavy (non-hydrogen) atoms. The molecular weight excluding hydrogens is 398 g/mol. The van der Waals surface area contributed by atoms with E-state index in [2.05, 4.69) is 39.4 Å². The van der Waals surface area contributed by atoms with Crippen LogP contribution in [0.2, 0.25) is 0 Å². The van der Waals surface area contributed by atoms with Gasteiger partial charge >= 0.3 is 0 Å². The number of aliphatic hydroxyl groups is 1. The van der Waals surface area contributed by atoms with Crippen molar-refractivity contribution in [2.75, 3.05) is 13.1 Å². The van der Waals surface area contributed by atoms with E-state index in [1.165, 1.54) is 11.1 Å². The molecule has 0 bridgehead atoms. The van der Waals surface area contributed by atoms with Gasteiger partial charge in [0.2, 0.25) is 5.88 Å². The third kappa shape index (κ3) is 7.14. The molecule has 2 heterocycles. The molecular formula is C27H33N3O2. The normalized spacial score (nSPS) is 15.0. The molecule has 0 atom stereocenters. The van der Waals surface area contributed by atoms with E-state index in [1.807, 2.05) is 42.5 Å². The second-order valence-electron chi connectivity index (χ2n) is 8.67. The molecule has 1 aliphatic heterocycles. The van der Waals surface area contributed by atoms with Crippen LogP contribution in [0.4, 0.5) is 0 Å². The summed E-state index contributed by atoms with van der Waals surface area (Å²) in [7, 11) is 0. The van der Waals surface area contributed by atoms with Crippen LogP contribution < -0.4 is 4.74 Å². The van der Waals surface area contributed by atoms with Crippen LogP contribution in [0.5, 0.6) is 5.88 Å². The SMILES string of the molecule is OC1CCN(Cc2ccc(CCCCc3ccc(OCc4ccccc4)nn3)cc2)CC1. The first-order valence-corrected chi connectivity index (χ1v) is 11.7. The zero-order valence-electron chi connectivity index (χ0n) is 18.7. The van der Waals surface area contributed by atoms with Crippen molar-refractivity contribution in [3.63, 3.8) is 0 Å². The zero-order valence-corrected chi connectivity index (χ0v) is 18.7. The quantitative estimate of drug-likeness (QED) is 0.476. The number of aliphatic hydroxyl groups excluding tert-OH is 1. The van der Waals surface area contributed by atoms with E-state index in [0.717, 1.165) is 69.4 Å². The second kappa shape index (κ2) is 11.7. The Bertz CT molecular complexity index is 921. The van der Waals surface area contributed by atoms with Gasteiger partial charge in [-0.15, -0.1) is 5.10 Å². The number of unbranched alkanes of at least 4 members (excludes halogenated alkanes) is 1. The lowest BCUT2D eigenvalue weighted by Gasteiger charge is -2.29. The second-order valence-corrected chi connectivity index (χ2v) is 8.67. The molecule has 2 aromatic carbocycles. The smallest absolute Gasteiger partial charge is 0.233 e. The summed E-state index contributed by atoms with van der Waals surface area (Å²) in [6.45, 7) is 3.48. The number of ether oxygens (including phenoxy) is 1. The summed E-state index contributed by atoms with van der Waals surface area (Å²) in [4.78, 5) is 2.43. The van der Waals surface area contributed by atoms with Gasteiger partial charge in [0.1, 0.15) is 6.61 Å². The molecule has 0 amide bonds. The maximum Gasteiger partial charge on any atom is 0.233 e. The molecule has 5 heteroatoms. The predicted molar refractivity (Wildman–Crippen MR) is 126 cm³/mol. The van der Waals surface area contributed by atoms with E-state index in [-0.39, 0.29) is 6.10 Å². The largest absolute Gasteiger partial charge is 0.472 e. The number of nitrogens with zero attached hydrogens (tertiary/aromatic N) is 3. The van der Waals surface area contributed by atoms with Gasteiger partial charge < -0.3 is 9.84 Å². The van der Waals surface area contributed by atoms with Gasteiger partial charge in [0.25, 0.3) is 0 Å². The van der Waals surface area contributed by atoms with Gasteiger partial charge in [-0.05, 0) is 61.3 Å². The fourth-order valence-corrected chi connectivity index (χ4v) is 4.07. The van der Waals surface area contributed by atoms with Gasteiger partial charge in [0.05, 0.1) is 11.8 Å². The first kappa shape index (κ1) is 22.4. The Kier molecular flexibility index (Phi) is 8.23. The lowest BCUT2D eigenvalue weighted by molar-refractivity contribution is 0.0792. The average molecular weight is 432 g/mol. The first-order chi connectivity index (χ1) is 15.7. The summed E-state index contributed by atoms with van der Waals surface area (Å²) < 4.78 is 5.70. The van der Waals surface area contributed by atoms with Gasteiger partial charge in [-0.3, -0.25) is 4.90 Å². The molecule has 0 unspecified atom stereocenters. The molecule has 0 saturated carbocycles. The molecule has 3 aromatic rings. The lowest BCUT2D eigenvalue weighted by Crippen LogP contribution is -2.35. The number of hydrogen-bond donors (Lipinski definition) is 1.